The van der Waals surface area contributed by atoms with E-state index in [2.05, 4.69) is 54.9 Å². The quantitative estimate of drug-likeness (QED) is 0.724. The zero-order chi connectivity index (χ0) is 18.1. The molecule has 126 valence electrons. The number of nitrogens with zero attached hydrogens (tertiary/aromatic N) is 3. The molecule has 0 N–H and O–H groups in total. The van der Waals surface area contributed by atoms with Crippen molar-refractivity contribution in [1.82, 2.24) is 9.38 Å². The van der Waals surface area contributed by atoms with E-state index in [9.17, 15) is 0 Å². The Labute approximate surface area is 152 Å². The van der Waals surface area contributed by atoms with Gasteiger partial charge in [0.25, 0.3) is 0 Å². The van der Waals surface area contributed by atoms with Crippen LogP contribution in [0.5, 0.6) is 5.75 Å². The second kappa shape index (κ2) is 6.87. The Morgan fingerprint density at radius 3 is 2.67 bits per heavy atom. The SMILES string of the molecule is C#C.CC(C)Oc1cc2nc(C3(C)CC(C#N)C3C)cn2cc1Br. The molecular formula is C19H22BrN3O. The Morgan fingerprint density at radius 2 is 2.12 bits per heavy atom. The summed E-state index contributed by atoms with van der Waals surface area (Å²) in [5.74, 6) is 1.28. The van der Waals surface area contributed by atoms with E-state index in [1.807, 2.05) is 30.5 Å². The van der Waals surface area contributed by atoms with Crippen LogP contribution in [0.4, 0.5) is 0 Å². The Hall–Kier alpha value is -1.98. The molecule has 1 aliphatic rings. The van der Waals surface area contributed by atoms with Crippen LogP contribution in [-0.4, -0.2) is 15.5 Å². The van der Waals surface area contributed by atoms with Gasteiger partial charge in [0.15, 0.2) is 0 Å². The molecule has 4 nitrogen and oxygen atoms in total. The highest BCUT2D eigenvalue weighted by atomic mass is 79.9. The minimum atomic E-state index is -0.0159. The molecule has 3 rings (SSSR count). The van der Waals surface area contributed by atoms with Gasteiger partial charge in [-0.2, -0.15) is 5.26 Å². The molecular weight excluding hydrogens is 366 g/mol. The molecule has 2 aromatic heterocycles. The largest absolute Gasteiger partial charge is 0.490 e. The first kappa shape index (κ1) is 18.4. The molecule has 0 aliphatic heterocycles. The Morgan fingerprint density at radius 1 is 1.46 bits per heavy atom. The summed E-state index contributed by atoms with van der Waals surface area (Å²) in [5.41, 5.74) is 1.92. The van der Waals surface area contributed by atoms with Gasteiger partial charge in [-0.1, -0.05) is 13.8 Å². The number of terminal acetylenes is 1. The second-order valence-electron chi connectivity index (χ2n) is 6.69. The van der Waals surface area contributed by atoms with E-state index in [0.717, 1.165) is 28.0 Å². The fraction of sp³-hybridized carbons (Fsp3) is 0.474. The number of halogens is 1. The van der Waals surface area contributed by atoms with Crippen LogP contribution in [0.2, 0.25) is 0 Å². The normalized spacial score (nSPS) is 25.5. The Kier molecular flexibility index (Phi) is 5.26. The Bertz CT molecular complexity index is 802. The summed E-state index contributed by atoms with van der Waals surface area (Å²) in [5, 5.41) is 9.13. The summed E-state index contributed by atoms with van der Waals surface area (Å²) in [6, 6.07) is 4.35. The molecule has 0 spiro atoms. The number of aromatic nitrogens is 2. The predicted octanol–water partition coefficient (Wildman–Crippen LogP) is 4.57. The smallest absolute Gasteiger partial charge is 0.140 e. The maximum absolute atomic E-state index is 9.13. The van der Waals surface area contributed by atoms with Crippen LogP contribution in [0, 0.1) is 36.0 Å². The third-order valence-corrected chi connectivity index (χ3v) is 5.47. The number of ether oxygens (including phenoxy) is 1. The molecule has 5 heteroatoms. The molecule has 1 saturated carbocycles. The number of hydrogen-bond acceptors (Lipinski definition) is 3. The fourth-order valence-electron chi connectivity index (χ4n) is 3.21. The van der Waals surface area contributed by atoms with Crippen LogP contribution in [0.25, 0.3) is 5.65 Å². The van der Waals surface area contributed by atoms with Gasteiger partial charge in [-0.3, -0.25) is 0 Å². The first-order valence-corrected chi connectivity index (χ1v) is 8.73. The van der Waals surface area contributed by atoms with E-state index < -0.39 is 0 Å². The van der Waals surface area contributed by atoms with Crippen LogP contribution in [0.15, 0.2) is 22.9 Å². The average molecular weight is 388 g/mol. The monoisotopic (exact) mass is 387 g/mol. The summed E-state index contributed by atoms with van der Waals surface area (Å²) in [4.78, 5) is 4.79. The van der Waals surface area contributed by atoms with Gasteiger partial charge in [-0.25, -0.2) is 4.98 Å². The molecule has 0 radical (unpaired) electrons. The molecule has 0 bridgehead atoms. The van der Waals surface area contributed by atoms with E-state index in [4.69, 9.17) is 15.0 Å². The van der Waals surface area contributed by atoms with Crippen molar-refractivity contribution in [3.05, 3.63) is 28.6 Å². The van der Waals surface area contributed by atoms with E-state index in [1.165, 1.54) is 0 Å². The molecule has 3 unspecified atom stereocenters. The van der Waals surface area contributed by atoms with Crippen LogP contribution in [-0.2, 0) is 5.41 Å². The summed E-state index contributed by atoms with van der Waals surface area (Å²) >= 11 is 3.55. The van der Waals surface area contributed by atoms with Gasteiger partial charge in [0.1, 0.15) is 11.4 Å². The molecule has 2 heterocycles. The lowest BCUT2D eigenvalue weighted by Crippen LogP contribution is -2.47. The van der Waals surface area contributed by atoms with Gasteiger partial charge in [-0.05, 0) is 42.1 Å². The van der Waals surface area contributed by atoms with Crippen molar-refractivity contribution in [3.8, 4) is 24.7 Å². The maximum Gasteiger partial charge on any atom is 0.140 e. The predicted molar refractivity (Wildman–Crippen MR) is 98.8 cm³/mol. The van der Waals surface area contributed by atoms with Crippen molar-refractivity contribution in [2.75, 3.05) is 0 Å². The van der Waals surface area contributed by atoms with E-state index in [0.29, 0.717) is 5.92 Å². The van der Waals surface area contributed by atoms with Gasteiger partial charge < -0.3 is 9.14 Å². The minimum Gasteiger partial charge on any atom is -0.490 e. The van der Waals surface area contributed by atoms with Gasteiger partial charge in [0.05, 0.1) is 28.3 Å². The highest BCUT2D eigenvalue weighted by Gasteiger charge is 2.50. The van der Waals surface area contributed by atoms with E-state index in [-0.39, 0.29) is 17.4 Å². The van der Waals surface area contributed by atoms with Crippen LogP contribution in [0.3, 0.4) is 0 Å². The highest BCUT2D eigenvalue weighted by molar-refractivity contribution is 9.10. The van der Waals surface area contributed by atoms with Crippen LogP contribution < -0.4 is 4.74 Å². The number of hydrogen-bond donors (Lipinski definition) is 0. The highest BCUT2D eigenvalue weighted by Crippen LogP contribution is 2.51. The van der Waals surface area contributed by atoms with Crippen molar-refractivity contribution in [2.45, 2.75) is 45.6 Å². The molecule has 24 heavy (non-hydrogen) atoms. The maximum atomic E-state index is 9.13. The lowest BCUT2D eigenvalue weighted by Gasteiger charge is -2.48. The van der Waals surface area contributed by atoms with Crippen LogP contribution in [0.1, 0.15) is 39.8 Å². The van der Waals surface area contributed by atoms with Crippen molar-refractivity contribution >= 4 is 21.6 Å². The molecule has 3 atom stereocenters. The number of rotatable bonds is 3. The molecule has 0 aromatic carbocycles. The fourth-order valence-corrected chi connectivity index (χ4v) is 3.64. The molecule has 0 saturated heterocycles. The van der Waals surface area contributed by atoms with E-state index in [1.54, 1.807) is 0 Å². The van der Waals surface area contributed by atoms with Gasteiger partial charge >= 0.3 is 0 Å². The summed E-state index contributed by atoms with van der Waals surface area (Å²) < 4.78 is 8.73. The average Bonchev–Trinajstić information content (AvgIpc) is 2.96. The van der Waals surface area contributed by atoms with Gasteiger partial charge in [0, 0.05) is 23.9 Å². The third kappa shape index (κ3) is 3.01. The number of pyridine rings is 1. The van der Waals surface area contributed by atoms with Gasteiger partial charge in [0.2, 0.25) is 0 Å². The summed E-state index contributed by atoms with van der Waals surface area (Å²) in [7, 11) is 0. The topological polar surface area (TPSA) is 50.3 Å². The van der Waals surface area contributed by atoms with E-state index >= 15 is 0 Å². The van der Waals surface area contributed by atoms with Gasteiger partial charge in [-0.15, -0.1) is 12.8 Å². The minimum absolute atomic E-state index is 0.0159. The first-order valence-electron chi connectivity index (χ1n) is 7.93. The molecule has 2 aromatic rings. The second-order valence-corrected chi connectivity index (χ2v) is 7.54. The summed E-state index contributed by atoms with van der Waals surface area (Å²) in [6.07, 6.45) is 13.1. The van der Waals surface area contributed by atoms with Crippen molar-refractivity contribution in [2.24, 2.45) is 11.8 Å². The number of nitriles is 1. The third-order valence-electron chi connectivity index (χ3n) is 4.88. The Balaban J connectivity index is 0.00000100. The molecule has 0 amide bonds. The van der Waals surface area contributed by atoms with Crippen molar-refractivity contribution in [1.29, 1.82) is 5.26 Å². The van der Waals surface area contributed by atoms with Crippen LogP contribution >= 0.6 is 15.9 Å². The number of imidazole rings is 1. The summed E-state index contributed by atoms with van der Waals surface area (Å²) in [6.45, 7) is 8.36. The van der Waals surface area contributed by atoms with Crippen molar-refractivity contribution in [3.63, 3.8) is 0 Å². The number of fused-ring (bicyclic) bond motifs is 1. The zero-order valence-electron chi connectivity index (χ0n) is 14.5. The first-order chi connectivity index (χ1) is 11.3. The lowest BCUT2D eigenvalue weighted by atomic mass is 9.54. The molecule has 1 fully saturated rings. The lowest BCUT2D eigenvalue weighted by molar-refractivity contribution is 0.0969. The van der Waals surface area contributed by atoms with Crippen molar-refractivity contribution < 1.29 is 4.74 Å². The standard InChI is InChI=1S/C17H20BrN3O.C2H2/c1-10(2)22-14-5-16-20-15(9-21(16)8-13(14)18)17(4)6-12(7-19)11(17)3;1-2/h5,8-12H,6H2,1-4H3;1-2H. The molecule has 1 aliphatic carbocycles. The zero-order valence-corrected chi connectivity index (χ0v) is 16.0.